The van der Waals surface area contributed by atoms with Gasteiger partial charge in [0.1, 0.15) is 11.9 Å². The number of fused-ring (bicyclic) bond motifs is 1. The quantitative estimate of drug-likeness (QED) is 0.863. The van der Waals surface area contributed by atoms with Crippen LogP contribution < -0.4 is 19.5 Å². The van der Waals surface area contributed by atoms with E-state index in [-0.39, 0.29) is 6.10 Å². The number of anilines is 1. The summed E-state index contributed by atoms with van der Waals surface area (Å²) in [6.07, 6.45) is 0.930. The topological polar surface area (TPSA) is 39.7 Å². The fourth-order valence-corrected chi connectivity index (χ4v) is 2.93. The molecule has 1 aliphatic heterocycles. The largest absolute Gasteiger partial charge is 0.490 e. The molecule has 0 spiro atoms. The second-order valence-electron chi connectivity index (χ2n) is 5.97. The summed E-state index contributed by atoms with van der Waals surface area (Å²) in [5, 5.41) is 3.46. The standard InChI is InChI=1S/C20H25NO3/c1-4-22-19-9-7-15(12-20(19)23-5-2)11-16-13-21-17-10-14(3)6-8-18(17)24-16/h6-10,12,16,21H,4-5,11,13H2,1-3H3. The lowest BCUT2D eigenvalue weighted by atomic mass is 10.1. The van der Waals surface area contributed by atoms with Crippen LogP contribution in [0.15, 0.2) is 36.4 Å². The SMILES string of the molecule is CCOc1ccc(CC2CNc3cc(C)ccc3O2)cc1OCC. The van der Waals surface area contributed by atoms with Gasteiger partial charge in [0.25, 0.3) is 0 Å². The van der Waals surface area contributed by atoms with E-state index in [2.05, 4.69) is 36.5 Å². The first kappa shape index (κ1) is 16.5. The van der Waals surface area contributed by atoms with E-state index in [1.165, 1.54) is 11.1 Å². The van der Waals surface area contributed by atoms with Crippen LogP contribution in [0.2, 0.25) is 0 Å². The first-order chi connectivity index (χ1) is 11.7. The third-order valence-electron chi connectivity index (χ3n) is 4.02. The summed E-state index contributed by atoms with van der Waals surface area (Å²) in [7, 11) is 0. The number of rotatable bonds is 6. The lowest BCUT2D eigenvalue weighted by Crippen LogP contribution is -2.32. The van der Waals surface area contributed by atoms with Crippen molar-refractivity contribution >= 4 is 5.69 Å². The first-order valence-corrected chi connectivity index (χ1v) is 8.59. The molecule has 128 valence electrons. The van der Waals surface area contributed by atoms with E-state index in [1.54, 1.807) is 0 Å². The highest BCUT2D eigenvalue weighted by Gasteiger charge is 2.20. The van der Waals surface area contributed by atoms with Crippen LogP contribution >= 0.6 is 0 Å². The van der Waals surface area contributed by atoms with Crippen molar-refractivity contribution in [2.75, 3.05) is 25.1 Å². The molecule has 0 bridgehead atoms. The summed E-state index contributed by atoms with van der Waals surface area (Å²) in [5.74, 6) is 2.52. The first-order valence-electron chi connectivity index (χ1n) is 8.59. The molecule has 1 atom stereocenters. The van der Waals surface area contributed by atoms with Crippen molar-refractivity contribution < 1.29 is 14.2 Å². The molecule has 4 nitrogen and oxygen atoms in total. The van der Waals surface area contributed by atoms with Crippen LogP contribution in [-0.2, 0) is 6.42 Å². The molecular formula is C20H25NO3. The van der Waals surface area contributed by atoms with Crippen molar-refractivity contribution in [3.63, 3.8) is 0 Å². The van der Waals surface area contributed by atoms with Gasteiger partial charge >= 0.3 is 0 Å². The van der Waals surface area contributed by atoms with E-state index < -0.39 is 0 Å². The molecule has 0 fully saturated rings. The van der Waals surface area contributed by atoms with Crippen LogP contribution in [0.3, 0.4) is 0 Å². The minimum atomic E-state index is 0.104. The zero-order chi connectivity index (χ0) is 16.9. The van der Waals surface area contributed by atoms with Gasteiger partial charge in [-0.15, -0.1) is 0 Å². The highest BCUT2D eigenvalue weighted by molar-refractivity contribution is 5.59. The molecular weight excluding hydrogens is 302 g/mol. The molecule has 0 aromatic heterocycles. The van der Waals surface area contributed by atoms with Crippen molar-refractivity contribution in [1.82, 2.24) is 0 Å². The number of ether oxygens (including phenoxy) is 3. The Bertz CT molecular complexity index is 699. The summed E-state index contributed by atoms with van der Waals surface area (Å²) >= 11 is 0. The zero-order valence-corrected chi connectivity index (χ0v) is 14.6. The van der Waals surface area contributed by atoms with Crippen molar-refractivity contribution in [3.8, 4) is 17.2 Å². The molecule has 1 unspecified atom stereocenters. The van der Waals surface area contributed by atoms with Gasteiger partial charge in [0.2, 0.25) is 0 Å². The third-order valence-corrected chi connectivity index (χ3v) is 4.02. The molecule has 0 aliphatic carbocycles. The zero-order valence-electron chi connectivity index (χ0n) is 14.6. The predicted octanol–water partition coefficient (Wildman–Crippen LogP) is 4.21. The van der Waals surface area contributed by atoms with Crippen molar-refractivity contribution in [3.05, 3.63) is 47.5 Å². The minimum Gasteiger partial charge on any atom is -0.490 e. The average molecular weight is 327 g/mol. The Morgan fingerprint density at radius 2 is 1.83 bits per heavy atom. The maximum Gasteiger partial charge on any atom is 0.161 e. The summed E-state index contributed by atoms with van der Waals surface area (Å²) < 4.78 is 17.5. The number of hydrogen-bond donors (Lipinski definition) is 1. The van der Waals surface area contributed by atoms with E-state index in [0.29, 0.717) is 13.2 Å². The smallest absolute Gasteiger partial charge is 0.161 e. The van der Waals surface area contributed by atoms with E-state index in [0.717, 1.165) is 35.9 Å². The van der Waals surface area contributed by atoms with Crippen LogP contribution in [-0.4, -0.2) is 25.9 Å². The van der Waals surface area contributed by atoms with Crippen LogP contribution in [0.5, 0.6) is 17.2 Å². The van der Waals surface area contributed by atoms with Gasteiger partial charge in [-0.1, -0.05) is 12.1 Å². The Morgan fingerprint density at radius 3 is 2.62 bits per heavy atom. The number of aryl methyl sites for hydroxylation is 1. The van der Waals surface area contributed by atoms with Crippen molar-refractivity contribution in [1.29, 1.82) is 0 Å². The molecule has 0 saturated carbocycles. The highest BCUT2D eigenvalue weighted by atomic mass is 16.5. The van der Waals surface area contributed by atoms with Gasteiger partial charge in [-0.05, 0) is 56.2 Å². The number of hydrogen-bond acceptors (Lipinski definition) is 4. The lowest BCUT2D eigenvalue weighted by molar-refractivity contribution is 0.206. The molecule has 4 heteroatoms. The van der Waals surface area contributed by atoms with E-state index in [1.807, 2.05) is 26.0 Å². The Kier molecular flexibility index (Phi) is 5.14. The fourth-order valence-electron chi connectivity index (χ4n) is 2.93. The molecule has 3 rings (SSSR count). The lowest BCUT2D eigenvalue weighted by Gasteiger charge is -2.28. The van der Waals surface area contributed by atoms with Crippen LogP contribution in [0.25, 0.3) is 0 Å². The molecule has 2 aromatic carbocycles. The van der Waals surface area contributed by atoms with Crippen LogP contribution in [0.4, 0.5) is 5.69 Å². The van der Waals surface area contributed by atoms with Gasteiger partial charge < -0.3 is 19.5 Å². The maximum absolute atomic E-state index is 6.13. The van der Waals surface area contributed by atoms with Crippen molar-refractivity contribution in [2.45, 2.75) is 33.3 Å². The van der Waals surface area contributed by atoms with Gasteiger partial charge in [-0.3, -0.25) is 0 Å². The monoisotopic (exact) mass is 327 g/mol. The summed E-state index contributed by atoms with van der Waals surface area (Å²) in [6.45, 7) is 8.10. The highest BCUT2D eigenvalue weighted by Crippen LogP contribution is 2.32. The van der Waals surface area contributed by atoms with Gasteiger partial charge in [0.15, 0.2) is 11.5 Å². The molecule has 0 amide bonds. The van der Waals surface area contributed by atoms with Crippen molar-refractivity contribution in [2.24, 2.45) is 0 Å². The molecule has 1 aliphatic rings. The third kappa shape index (κ3) is 3.75. The molecule has 0 radical (unpaired) electrons. The molecule has 24 heavy (non-hydrogen) atoms. The van der Waals surface area contributed by atoms with Gasteiger partial charge in [0, 0.05) is 6.42 Å². The summed E-state index contributed by atoms with van der Waals surface area (Å²) in [5.41, 5.74) is 3.49. The molecule has 1 heterocycles. The Hall–Kier alpha value is -2.36. The molecule has 0 saturated heterocycles. The number of nitrogens with one attached hydrogen (secondary N) is 1. The Morgan fingerprint density at radius 1 is 1.04 bits per heavy atom. The van der Waals surface area contributed by atoms with Crippen LogP contribution in [0.1, 0.15) is 25.0 Å². The molecule has 1 N–H and O–H groups in total. The van der Waals surface area contributed by atoms with E-state index in [9.17, 15) is 0 Å². The average Bonchev–Trinajstić information content (AvgIpc) is 2.58. The minimum absolute atomic E-state index is 0.104. The normalized spacial score (nSPS) is 15.9. The fraction of sp³-hybridized carbons (Fsp3) is 0.400. The summed E-state index contributed by atoms with van der Waals surface area (Å²) in [4.78, 5) is 0. The number of benzene rings is 2. The Balaban J connectivity index is 1.72. The Labute approximate surface area is 143 Å². The second kappa shape index (κ2) is 7.47. The maximum atomic E-state index is 6.13. The van der Waals surface area contributed by atoms with Crippen LogP contribution in [0, 0.1) is 6.92 Å². The van der Waals surface area contributed by atoms with Gasteiger partial charge in [-0.25, -0.2) is 0 Å². The van der Waals surface area contributed by atoms with E-state index >= 15 is 0 Å². The molecule has 2 aromatic rings. The predicted molar refractivity (Wildman–Crippen MR) is 96.6 cm³/mol. The van der Waals surface area contributed by atoms with Gasteiger partial charge in [0.05, 0.1) is 25.4 Å². The summed E-state index contributed by atoms with van der Waals surface area (Å²) in [6, 6.07) is 12.4. The van der Waals surface area contributed by atoms with E-state index in [4.69, 9.17) is 14.2 Å². The van der Waals surface area contributed by atoms with Gasteiger partial charge in [-0.2, -0.15) is 0 Å². The second-order valence-corrected chi connectivity index (χ2v) is 5.97.